The van der Waals surface area contributed by atoms with Gasteiger partial charge in [0.05, 0.1) is 15.5 Å². The fraction of sp³-hybridized carbons (Fsp3) is 0.0952. The average molecular weight is 476 g/mol. The van der Waals surface area contributed by atoms with E-state index in [0.29, 0.717) is 16.5 Å². The predicted molar refractivity (Wildman–Crippen MR) is 121 cm³/mol. The van der Waals surface area contributed by atoms with Crippen LogP contribution < -0.4 is 14.4 Å². The summed E-state index contributed by atoms with van der Waals surface area (Å²) in [6.45, 7) is -0.332. The Bertz CT molecular complexity index is 1230. The molecule has 0 saturated heterocycles. The minimum absolute atomic E-state index is 0.0996. The van der Waals surface area contributed by atoms with Crippen molar-refractivity contribution in [1.82, 2.24) is 0 Å². The number of hydrogen-bond acceptors (Lipinski definition) is 6. The van der Waals surface area contributed by atoms with Gasteiger partial charge in [0.2, 0.25) is 0 Å². The predicted octanol–water partition coefficient (Wildman–Crippen LogP) is 4.09. The third kappa shape index (κ3) is 5.54. The molecule has 1 amide bonds. The van der Waals surface area contributed by atoms with Gasteiger partial charge >= 0.3 is 0 Å². The van der Waals surface area contributed by atoms with Crippen molar-refractivity contribution in [3.05, 3.63) is 87.9 Å². The molecule has 0 unspecified atom stereocenters. The highest BCUT2D eigenvalue weighted by Gasteiger charge is 2.21. The summed E-state index contributed by atoms with van der Waals surface area (Å²) in [5.74, 6) is -0.155. The lowest BCUT2D eigenvalue weighted by Gasteiger charge is -2.20. The maximum absolute atomic E-state index is 12.7. The number of nitro benzene ring substituents is 1. The van der Waals surface area contributed by atoms with Crippen LogP contribution in [0.3, 0.4) is 0 Å². The Balaban J connectivity index is 1.60. The lowest BCUT2D eigenvalue weighted by Crippen LogP contribution is -2.26. The van der Waals surface area contributed by atoms with Crippen molar-refractivity contribution in [3.8, 4) is 5.75 Å². The zero-order valence-corrected chi connectivity index (χ0v) is 18.3. The standard InChI is InChI=1S/C21H18ClN3O6S/c1-24(32(29,30)20-11-5-15(22)6-12-20)17-7-9-19(10-8-17)31-14-21(26)23-16-3-2-4-18(13-16)25(27)28/h2-13H,14H2,1H3,(H,23,26). The molecular formula is C21H18ClN3O6S. The second-order valence-electron chi connectivity index (χ2n) is 6.56. The van der Waals surface area contributed by atoms with Gasteiger partial charge in [-0.25, -0.2) is 8.42 Å². The van der Waals surface area contributed by atoms with Gasteiger partial charge in [-0.05, 0) is 54.6 Å². The van der Waals surface area contributed by atoms with Gasteiger partial charge in [-0.2, -0.15) is 0 Å². The van der Waals surface area contributed by atoms with Gasteiger partial charge in [-0.1, -0.05) is 17.7 Å². The van der Waals surface area contributed by atoms with Crippen molar-refractivity contribution >= 4 is 44.6 Å². The number of sulfonamides is 1. The number of anilines is 2. The van der Waals surface area contributed by atoms with Crippen molar-refractivity contribution in [2.24, 2.45) is 0 Å². The minimum atomic E-state index is -3.77. The molecule has 0 heterocycles. The molecule has 0 radical (unpaired) electrons. The molecule has 0 aliphatic carbocycles. The molecule has 3 aromatic rings. The molecule has 166 valence electrons. The van der Waals surface area contributed by atoms with Gasteiger partial charge in [0, 0.05) is 29.9 Å². The Morgan fingerprint density at radius 3 is 2.38 bits per heavy atom. The van der Waals surface area contributed by atoms with Crippen LogP contribution in [0.15, 0.2) is 77.7 Å². The Labute approximate surface area is 189 Å². The molecule has 0 fully saturated rings. The number of ether oxygens (including phenoxy) is 1. The Hall–Kier alpha value is -3.63. The van der Waals surface area contributed by atoms with Crippen molar-refractivity contribution in [2.75, 3.05) is 23.3 Å². The number of carbonyl (C=O) groups is 1. The fourth-order valence-electron chi connectivity index (χ4n) is 2.70. The second kappa shape index (κ2) is 9.67. The number of halogens is 1. The van der Waals surface area contributed by atoms with Crippen molar-refractivity contribution < 1.29 is 22.9 Å². The second-order valence-corrected chi connectivity index (χ2v) is 8.97. The average Bonchev–Trinajstić information content (AvgIpc) is 2.78. The van der Waals surface area contributed by atoms with Crippen LogP contribution in [-0.4, -0.2) is 32.9 Å². The lowest BCUT2D eigenvalue weighted by molar-refractivity contribution is -0.384. The first-order chi connectivity index (χ1) is 15.2. The van der Waals surface area contributed by atoms with Crippen LogP contribution in [0.25, 0.3) is 0 Å². The third-order valence-corrected chi connectivity index (χ3v) is 6.43. The largest absolute Gasteiger partial charge is 0.484 e. The molecule has 3 aromatic carbocycles. The van der Waals surface area contributed by atoms with Crippen LogP contribution in [0.2, 0.25) is 5.02 Å². The van der Waals surface area contributed by atoms with E-state index in [-0.39, 0.29) is 22.9 Å². The highest BCUT2D eigenvalue weighted by molar-refractivity contribution is 7.92. The number of hydrogen-bond donors (Lipinski definition) is 1. The first-order valence-corrected chi connectivity index (χ1v) is 11.0. The molecule has 0 atom stereocenters. The normalized spacial score (nSPS) is 10.9. The summed E-state index contributed by atoms with van der Waals surface area (Å²) >= 11 is 5.81. The van der Waals surface area contributed by atoms with Gasteiger partial charge < -0.3 is 10.1 Å². The summed E-state index contributed by atoms with van der Waals surface area (Å²) in [6.07, 6.45) is 0. The number of rotatable bonds is 8. The lowest BCUT2D eigenvalue weighted by atomic mass is 10.3. The van der Waals surface area contributed by atoms with E-state index in [0.717, 1.165) is 4.31 Å². The maximum atomic E-state index is 12.7. The van der Waals surface area contributed by atoms with Crippen molar-refractivity contribution in [3.63, 3.8) is 0 Å². The number of amides is 1. The van der Waals surface area contributed by atoms with E-state index in [1.165, 1.54) is 67.7 Å². The first kappa shape index (κ1) is 23.0. The Kier molecular flexibility index (Phi) is 6.96. The molecule has 32 heavy (non-hydrogen) atoms. The minimum Gasteiger partial charge on any atom is -0.484 e. The van der Waals surface area contributed by atoms with E-state index >= 15 is 0 Å². The van der Waals surface area contributed by atoms with Crippen molar-refractivity contribution in [2.45, 2.75) is 4.90 Å². The van der Waals surface area contributed by atoms with E-state index in [1.54, 1.807) is 12.1 Å². The number of nitrogens with zero attached hydrogens (tertiary/aromatic N) is 2. The molecule has 11 heteroatoms. The SMILES string of the molecule is CN(c1ccc(OCC(=O)Nc2cccc([N+](=O)[O-])c2)cc1)S(=O)(=O)c1ccc(Cl)cc1. The monoisotopic (exact) mass is 475 g/mol. The number of carbonyl (C=O) groups excluding carboxylic acids is 1. The maximum Gasteiger partial charge on any atom is 0.271 e. The summed E-state index contributed by atoms with van der Waals surface area (Å²) in [5, 5.41) is 13.7. The molecule has 1 N–H and O–H groups in total. The van der Waals surface area contributed by atoms with E-state index in [2.05, 4.69) is 5.32 Å². The molecule has 0 aromatic heterocycles. The van der Waals surface area contributed by atoms with Crippen LogP contribution in [0.4, 0.5) is 17.1 Å². The van der Waals surface area contributed by atoms with E-state index in [1.807, 2.05) is 0 Å². The van der Waals surface area contributed by atoms with Crippen LogP contribution in [0.5, 0.6) is 5.75 Å². The highest BCUT2D eigenvalue weighted by Crippen LogP contribution is 2.25. The molecule has 0 aliphatic heterocycles. The highest BCUT2D eigenvalue weighted by atomic mass is 35.5. The quantitative estimate of drug-likeness (QED) is 0.387. The summed E-state index contributed by atoms with van der Waals surface area (Å²) < 4.78 is 32.0. The van der Waals surface area contributed by atoms with Gasteiger partial charge in [-0.3, -0.25) is 19.2 Å². The number of nitrogens with one attached hydrogen (secondary N) is 1. The smallest absolute Gasteiger partial charge is 0.271 e. The van der Waals surface area contributed by atoms with E-state index < -0.39 is 20.9 Å². The van der Waals surface area contributed by atoms with Gasteiger partial charge in [0.25, 0.3) is 21.6 Å². The molecule has 0 aliphatic rings. The topological polar surface area (TPSA) is 119 Å². The van der Waals surface area contributed by atoms with Gasteiger partial charge in [0.1, 0.15) is 5.75 Å². The molecule has 0 bridgehead atoms. The van der Waals surface area contributed by atoms with Crippen LogP contribution >= 0.6 is 11.6 Å². The fourth-order valence-corrected chi connectivity index (χ4v) is 4.02. The molecular weight excluding hydrogens is 458 g/mol. The Morgan fingerprint density at radius 1 is 1.09 bits per heavy atom. The zero-order chi connectivity index (χ0) is 23.3. The summed E-state index contributed by atoms with van der Waals surface area (Å²) in [5.41, 5.74) is 0.530. The molecule has 0 spiro atoms. The number of nitro groups is 1. The van der Waals surface area contributed by atoms with E-state index in [4.69, 9.17) is 16.3 Å². The number of non-ortho nitro benzene ring substituents is 1. The van der Waals surface area contributed by atoms with Crippen molar-refractivity contribution in [1.29, 1.82) is 0 Å². The number of benzene rings is 3. The Morgan fingerprint density at radius 2 is 1.75 bits per heavy atom. The van der Waals surface area contributed by atoms with Crippen LogP contribution in [0.1, 0.15) is 0 Å². The molecule has 3 rings (SSSR count). The zero-order valence-electron chi connectivity index (χ0n) is 16.8. The summed E-state index contributed by atoms with van der Waals surface area (Å²) in [4.78, 5) is 22.4. The summed E-state index contributed by atoms with van der Waals surface area (Å²) in [7, 11) is -2.35. The van der Waals surface area contributed by atoms with Gasteiger partial charge in [-0.15, -0.1) is 0 Å². The third-order valence-electron chi connectivity index (χ3n) is 4.38. The van der Waals surface area contributed by atoms with Gasteiger partial charge in [0.15, 0.2) is 6.61 Å². The van der Waals surface area contributed by atoms with Crippen LogP contribution in [0, 0.1) is 10.1 Å². The summed E-state index contributed by atoms with van der Waals surface area (Å²) in [6, 6.07) is 17.5. The van der Waals surface area contributed by atoms with E-state index in [9.17, 15) is 23.3 Å². The molecule has 9 nitrogen and oxygen atoms in total. The van der Waals surface area contributed by atoms with Crippen LogP contribution in [-0.2, 0) is 14.8 Å². The molecule has 0 saturated carbocycles. The first-order valence-electron chi connectivity index (χ1n) is 9.18.